The average molecular weight is 336 g/mol. The summed E-state index contributed by atoms with van der Waals surface area (Å²) in [7, 11) is 0. The van der Waals surface area contributed by atoms with Gasteiger partial charge in [-0.1, -0.05) is 36.4 Å². The third-order valence-corrected chi connectivity index (χ3v) is 3.87. The zero-order valence-corrected chi connectivity index (χ0v) is 13.9. The molecular formula is C19H20N4O2. The number of pyridine rings is 1. The maximum absolute atomic E-state index is 12.4. The van der Waals surface area contributed by atoms with Crippen LogP contribution in [0, 0.1) is 0 Å². The Morgan fingerprint density at radius 3 is 2.72 bits per heavy atom. The number of amides is 1. The summed E-state index contributed by atoms with van der Waals surface area (Å²) in [4.78, 5) is 20.7. The smallest absolute Gasteiger partial charge is 0.270 e. The molecule has 25 heavy (non-hydrogen) atoms. The first kappa shape index (κ1) is 16.9. The lowest BCUT2D eigenvalue weighted by atomic mass is 10.0. The van der Waals surface area contributed by atoms with Gasteiger partial charge in [-0.25, -0.2) is 9.97 Å². The number of carbonyl (C=O) groups is 1. The Hall–Kier alpha value is -2.99. The van der Waals surface area contributed by atoms with E-state index in [0.29, 0.717) is 17.9 Å². The fourth-order valence-corrected chi connectivity index (χ4v) is 2.59. The third kappa shape index (κ3) is 4.30. The van der Waals surface area contributed by atoms with Crippen molar-refractivity contribution < 1.29 is 9.90 Å². The molecule has 2 atom stereocenters. The van der Waals surface area contributed by atoms with Crippen molar-refractivity contribution in [2.75, 3.05) is 0 Å². The maximum Gasteiger partial charge on any atom is 0.270 e. The standard InChI is InChI=1S/C19H20N4O2/c1-14(12-17(24)15-6-3-2-4-7-15)21-19(25)16-8-5-9-18(22-16)23-11-10-20-13-23/h2-11,13-14,17,24H,12H2,1H3,(H,21,25). The molecule has 0 spiro atoms. The van der Waals surface area contributed by atoms with Crippen LogP contribution < -0.4 is 5.32 Å². The minimum Gasteiger partial charge on any atom is -0.388 e. The molecule has 1 amide bonds. The van der Waals surface area contributed by atoms with E-state index in [9.17, 15) is 9.90 Å². The molecule has 0 aliphatic heterocycles. The molecule has 6 nitrogen and oxygen atoms in total. The molecule has 0 saturated heterocycles. The number of carbonyl (C=O) groups excluding carboxylic acids is 1. The fourth-order valence-electron chi connectivity index (χ4n) is 2.59. The van der Waals surface area contributed by atoms with Gasteiger partial charge in [-0.3, -0.25) is 9.36 Å². The summed E-state index contributed by atoms with van der Waals surface area (Å²) in [5.74, 6) is 0.358. The van der Waals surface area contributed by atoms with E-state index in [1.807, 2.05) is 37.3 Å². The minimum absolute atomic E-state index is 0.193. The zero-order chi connectivity index (χ0) is 17.6. The van der Waals surface area contributed by atoms with Crippen LogP contribution in [0.15, 0.2) is 67.3 Å². The molecule has 2 unspecified atom stereocenters. The largest absolute Gasteiger partial charge is 0.388 e. The van der Waals surface area contributed by atoms with Crippen LogP contribution in [0.1, 0.15) is 35.5 Å². The molecule has 0 radical (unpaired) electrons. The molecule has 128 valence electrons. The molecule has 2 heterocycles. The number of nitrogens with one attached hydrogen (secondary N) is 1. The van der Waals surface area contributed by atoms with Crippen LogP contribution in [0.5, 0.6) is 0 Å². The van der Waals surface area contributed by atoms with Crippen LogP contribution in [-0.4, -0.2) is 31.6 Å². The molecule has 0 saturated carbocycles. The van der Waals surface area contributed by atoms with Crippen LogP contribution in [0.3, 0.4) is 0 Å². The third-order valence-electron chi connectivity index (χ3n) is 3.87. The summed E-state index contributed by atoms with van der Waals surface area (Å²) >= 11 is 0. The van der Waals surface area contributed by atoms with Crippen LogP contribution in [0.25, 0.3) is 5.82 Å². The molecule has 2 aromatic heterocycles. The first-order valence-corrected chi connectivity index (χ1v) is 8.13. The fraction of sp³-hybridized carbons (Fsp3) is 0.211. The number of rotatable bonds is 6. The number of hydrogen-bond donors (Lipinski definition) is 2. The highest BCUT2D eigenvalue weighted by Gasteiger charge is 2.16. The lowest BCUT2D eigenvalue weighted by Gasteiger charge is -2.18. The molecular weight excluding hydrogens is 316 g/mol. The van der Waals surface area contributed by atoms with Gasteiger partial charge in [-0.2, -0.15) is 0 Å². The molecule has 3 aromatic rings. The van der Waals surface area contributed by atoms with Crippen LogP contribution >= 0.6 is 0 Å². The average Bonchev–Trinajstić information content (AvgIpc) is 3.17. The number of hydrogen-bond acceptors (Lipinski definition) is 4. The van der Waals surface area contributed by atoms with Crippen LogP contribution in [-0.2, 0) is 0 Å². The second-order valence-corrected chi connectivity index (χ2v) is 5.89. The zero-order valence-electron chi connectivity index (χ0n) is 13.9. The summed E-state index contributed by atoms with van der Waals surface area (Å²) in [6.07, 6.45) is 4.85. The predicted molar refractivity (Wildman–Crippen MR) is 94.3 cm³/mol. The maximum atomic E-state index is 12.4. The van der Waals surface area contributed by atoms with E-state index in [1.165, 1.54) is 0 Å². The van der Waals surface area contributed by atoms with E-state index < -0.39 is 6.10 Å². The van der Waals surface area contributed by atoms with E-state index in [2.05, 4.69) is 15.3 Å². The van der Waals surface area contributed by atoms with Gasteiger partial charge < -0.3 is 10.4 Å². The lowest BCUT2D eigenvalue weighted by Crippen LogP contribution is -2.34. The molecule has 3 rings (SSSR count). The van der Waals surface area contributed by atoms with Crippen molar-refractivity contribution in [3.8, 4) is 5.82 Å². The summed E-state index contributed by atoms with van der Waals surface area (Å²) in [6.45, 7) is 1.86. The first-order valence-electron chi connectivity index (χ1n) is 8.13. The summed E-state index contributed by atoms with van der Waals surface area (Å²) in [6, 6.07) is 14.5. The molecule has 0 bridgehead atoms. The van der Waals surface area contributed by atoms with Crippen molar-refractivity contribution in [1.29, 1.82) is 0 Å². The van der Waals surface area contributed by atoms with E-state index in [1.54, 1.807) is 41.5 Å². The number of benzene rings is 1. The normalized spacial score (nSPS) is 13.2. The van der Waals surface area contributed by atoms with Gasteiger partial charge in [0.05, 0.1) is 6.10 Å². The van der Waals surface area contributed by atoms with Crippen molar-refractivity contribution in [2.24, 2.45) is 0 Å². The van der Waals surface area contributed by atoms with E-state index in [-0.39, 0.29) is 11.9 Å². The van der Waals surface area contributed by atoms with E-state index >= 15 is 0 Å². The summed E-state index contributed by atoms with van der Waals surface area (Å²) in [5.41, 5.74) is 1.16. The van der Waals surface area contributed by atoms with Gasteiger partial charge in [0.2, 0.25) is 0 Å². The molecule has 1 aromatic carbocycles. The first-order chi connectivity index (χ1) is 12.1. The Bertz CT molecular complexity index is 818. The van der Waals surface area contributed by atoms with Gasteiger partial charge in [0.15, 0.2) is 0 Å². The van der Waals surface area contributed by atoms with Gasteiger partial charge in [-0.05, 0) is 31.0 Å². The van der Waals surface area contributed by atoms with Gasteiger partial charge in [0, 0.05) is 18.4 Å². The Labute approximate surface area is 146 Å². The predicted octanol–water partition coefficient (Wildman–Crippen LogP) is 2.51. The van der Waals surface area contributed by atoms with Crippen LogP contribution in [0.4, 0.5) is 0 Å². The number of imidazole rings is 1. The second-order valence-electron chi connectivity index (χ2n) is 5.89. The monoisotopic (exact) mass is 336 g/mol. The van der Waals surface area contributed by atoms with Crippen molar-refractivity contribution >= 4 is 5.91 Å². The number of aliphatic hydroxyl groups excluding tert-OH is 1. The highest BCUT2D eigenvalue weighted by molar-refractivity contribution is 5.92. The summed E-state index contributed by atoms with van der Waals surface area (Å²) < 4.78 is 1.74. The van der Waals surface area contributed by atoms with Gasteiger partial charge >= 0.3 is 0 Å². The highest BCUT2D eigenvalue weighted by Crippen LogP contribution is 2.17. The van der Waals surface area contributed by atoms with Crippen LogP contribution in [0.2, 0.25) is 0 Å². The quantitative estimate of drug-likeness (QED) is 0.725. The highest BCUT2D eigenvalue weighted by atomic mass is 16.3. The molecule has 0 aliphatic rings. The van der Waals surface area contributed by atoms with Crippen molar-refractivity contribution in [1.82, 2.24) is 19.9 Å². The number of nitrogens with zero attached hydrogens (tertiary/aromatic N) is 3. The minimum atomic E-state index is -0.623. The second kappa shape index (κ2) is 7.72. The van der Waals surface area contributed by atoms with Crippen molar-refractivity contribution in [2.45, 2.75) is 25.5 Å². The van der Waals surface area contributed by atoms with Crippen molar-refractivity contribution in [3.05, 3.63) is 78.5 Å². The topological polar surface area (TPSA) is 80.0 Å². The lowest BCUT2D eigenvalue weighted by molar-refractivity contribution is 0.0912. The van der Waals surface area contributed by atoms with Gasteiger partial charge in [0.1, 0.15) is 17.8 Å². The van der Waals surface area contributed by atoms with E-state index in [0.717, 1.165) is 5.56 Å². The van der Waals surface area contributed by atoms with Crippen molar-refractivity contribution in [3.63, 3.8) is 0 Å². The molecule has 6 heteroatoms. The Morgan fingerprint density at radius 2 is 2.00 bits per heavy atom. The summed E-state index contributed by atoms with van der Waals surface area (Å²) in [5, 5.41) is 13.1. The Kier molecular flexibility index (Phi) is 5.20. The molecule has 2 N–H and O–H groups in total. The Balaban J connectivity index is 1.63. The SMILES string of the molecule is CC(CC(O)c1ccccc1)NC(=O)c1cccc(-n2ccnc2)n1. The van der Waals surface area contributed by atoms with Gasteiger partial charge in [-0.15, -0.1) is 0 Å². The molecule has 0 aliphatic carbocycles. The van der Waals surface area contributed by atoms with E-state index in [4.69, 9.17) is 0 Å². The number of aliphatic hydroxyl groups is 1. The number of aromatic nitrogens is 3. The Morgan fingerprint density at radius 1 is 1.20 bits per heavy atom. The molecule has 0 fully saturated rings. The van der Waals surface area contributed by atoms with Gasteiger partial charge in [0.25, 0.3) is 5.91 Å².